The van der Waals surface area contributed by atoms with Crippen LogP contribution in [0.2, 0.25) is 0 Å². The van der Waals surface area contributed by atoms with Gasteiger partial charge in [0.1, 0.15) is 0 Å². The van der Waals surface area contributed by atoms with Gasteiger partial charge < -0.3 is 49.4 Å². The maximum Gasteiger partial charge on any atom is 0.407 e. The van der Waals surface area contributed by atoms with Gasteiger partial charge in [-0.25, -0.2) is 9.59 Å². The summed E-state index contributed by atoms with van der Waals surface area (Å²) in [5.41, 5.74) is 0. The molecule has 0 aromatic rings. The quantitative estimate of drug-likeness (QED) is 0.0676. The second-order valence-electron chi connectivity index (χ2n) is 6.52. The van der Waals surface area contributed by atoms with Gasteiger partial charge in [0, 0.05) is 19.2 Å². The van der Waals surface area contributed by atoms with Crippen molar-refractivity contribution in [2.45, 2.75) is 60.8 Å². The number of esters is 3. The van der Waals surface area contributed by atoms with Crippen LogP contribution >= 0.6 is 0 Å². The lowest BCUT2D eigenvalue weighted by molar-refractivity contribution is -0.161. The van der Waals surface area contributed by atoms with Crippen LogP contribution in [0, 0.1) is 23.4 Å². The van der Waals surface area contributed by atoms with E-state index in [1.807, 2.05) is 6.92 Å². The molecule has 0 bridgehead atoms. The smallest absolute Gasteiger partial charge is 0.407 e. The van der Waals surface area contributed by atoms with Crippen LogP contribution in [-0.2, 0) is 38.1 Å². The minimum absolute atomic E-state index is 0.250. The van der Waals surface area contributed by atoms with Crippen molar-refractivity contribution in [3.8, 4) is 6.26 Å². The lowest BCUT2D eigenvalue weighted by Crippen LogP contribution is -2.25. The van der Waals surface area contributed by atoms with Gasteiger partial charge >= 0.3 is 24.0 Å². The summed E-state index contributed by atoms with van der Waals surface area (Å²) in [6.07, 6.45) is 3.49. The van der Waals surface area contributed by atoms with Crippen LogP contribution in [0.5, 0.6) is 0 Å². The van der Waals surface area contributed by atoms with E-state index in [-0.39, 0.29) is 12.7 Å². The average Bonchev–Trinajstić information content (AvgIpc) is 2.92. The highest BCUT2D eigenvalue weighted by molar-refractivity contribution is 5.81. The Kier molecular flexibility index (Phi) is 46.5. The van der Waals surface area contributed by atoms with Crippen LogP contribution in [0.4, 0.5) is 4.79 Å². The number of aliphatic hydroxyl groups is 4. The van der Waals surface area contributed by atoms with Crippen molar-refractivity contribution in [2.24, 2.45) is 11.8 Å². The molecule has 0 heterocycles. The van der Waals surface area contributed by atoms with Crippen LogP contribution in [-0.4, -0.2) is 91.2 Å². The van der Waals surface area contributed by atoms with E-state index in [0.717, 1.165) is 6.08 Å². The molecule has 2 unspecified atom stereocenters. The number of carbonyl (C=O) groups is 4. The molecule has 15 heteroatoms. The van der Waals surface area contributed by atoms with Crippen molar-refractivity contribution < 1.29 is 63.3 Å². The van der Waals surface area contributed by atoms with Crippen molar-refractivity contribution in [3.05, 3.63) is 12.7 Å². The molecule has 0 saturated heterocycles. The first kappa shape index (κ1) is 46.4. The van der Waals surface area contributed by atoms with E-state index in [2.05, 4.69) is 35.6 Å². The summed E-state index contributed by atoms with van der Waals surface area (Å²) in [5, 5.41) is 42.5. The molecule has 5 N–H and O–H groups in total. The fraction of sp³-hybridized carbons (Fsp3) is 0.720. The van der Waals surface area contributed by atoms with E-state index in [0.29, 0.717) is 39.0 Å². The van der Waals surface area contributed by atoms with E-state index in [1.54, 1.807) is 34.6 Å². The highest BCUT2D eigenvalue weighted by atomic mass is 16.6. The minimum Gasteiger partial charge on any atom is -0.450 e. The first-order chi connectivity index (χ1) is 19.0. The second-order valence-corrected chi connectivity index (χ2v) is 6.52. The van der Waals surface area contributed by atoms with Crippen LogP contribution in [0.1, 0.15) is 60.8 Å². The van der Waals surface area contributed by atoms with E-state index in [4.69, 9.17) is 25.7 Å². The van der Waals surface area contributed by atoms with Crippen LogP contribution in [0.25, 0.3) is 0 Å². The lowest BCUT2D eigenvalue weighted by Gasteiger charge is -2.18. The van der Waals surface area contributed by atoms with Gasteiger partial charge in [-0.15, -0.1) is 0 Å². The summed E-state index contributed by atoms with van der Waals surface area (Å²) in [4.78, 5) is 43.1. The average molecular weight is 585 g/mol. The molecule has 1 amide bonds. The Bertz CT molecular complexity index is 623. The van der Waals surface area contributed by atoms with Gasteiger partial charge in [0.05, 0.1) is 25.0 Å². The Morgan fingerprint density at radius 3 is 1.43 bits per heavy atom. The Balaban J connectivity index is -0.000000148. The third-order valence-electron chi connectivity index (χ3n) is 3.81. The summed E-state index contributed by atoms with van der Waals surface area (Å²) >= 11 is 0. The Morgan fingerprint density at radius 1 is 0.800 bits per heavy atom. The topological polar surface area (TPSA) is 231 Å². The minimum atomic E-state index is -0.660. The predicted molar refractivity (Wildman–Crippen MR) is 143 cm³/mol. The number of amides is 1. The fourth-order valence-corrected chi connectivity index (χ4v) is 2.08. The molecule has 0 spiro atoms. The Hall–Kier alpha value is -3.45. The number of carbonyl (C=O) groups excluding carboxylic acids is 4. The molecule has 2 atom stereocenters. The van der Waals surface area contributed by atoms with E-state index in [1.165, 1.54) is 6.26 Å². The zero-order chi connectivity index (χ0) is 32.2. The van der Waals surface area contributed by atoms with Crippen LogP contribution in [0.15, 0.2) is 12.7 Å². The third kappa shape index (κ3) is 39.1. The van der Waals surface area contributed by atoms with E-state index < -0.39 is 50.1 Å². The SMILES string of the molecule is C=CC(=O)OCO.CCC(CC(CC)C(=O)OCO)C(=O)OCO.CCNC(=O)OCC.CCO.CCOC#N. The Labute approximate surface area is 236 Å². The predicted octanol–water partition coefficient (Wildman–Crippen LogP) is 1.34. The van der Waals surface area contributed by atoms with Gasteiger partial charge in [-0.3, -0.25) is 9.59 Å². The molecule has 0 aliphatic rings. The molecule has 0 aromatic heterocycles. The van der Waals surface area contributed by atoms with Gasteiger partial charge in [0.2, 0.25) is 0 Å². The molecule has 0 aliphatic carbocycles. The molecule has 40 heavy (non-hydrogen) atoms. The van der Waals surface area contributed by atoms with Gasteiger partial charge in [-0.1, -0.05) is 20.4 Å². The number of aliphatic hydroxyl groups excluding tert-OH is 4. The van der Waals surface area contributed by atoms with Gasteiger partial charge in [0.25, 0.3) is 6.26 Å². The number of hydrogen-bond donors (Lipinski definition) is 5. The van der Waals surface area contributed by atoms with Crippen molar-refractivity contribution in [2.75, 3.05) is 46.7 Å². The largest absolute Gasteiger partial charge is 0.450 e. The molecule has 15 nitrogen and oxygen atoms in total. The first-order valence-corrected chi connectivity index (χ1v) is 12.5. The number of rotatable bonds is 13. The number of nitrogens with zero attached hydrogens (tertiary/aromatic N) is 1. The van der Waals surface area contributed by atoms with Gasteiger partial charge in [-0.2, -0.15) is 5.26 Å². The molecule has 0 fully saturated rings. The molecule has 0 saturated carbocycles. The van der Waals surface area contributed by atoms with E-state index in [9.17, 15) is 19.2 Å². The highest BCUT2D eigenvalue weighted by Crippen LogP contribution is 2.21. The van der Waals surface area contributed by atoms with E-state index >= 15 is 0 Å². The van der Waals surface area contributed by atoms with Crippen molar-refractivity contribution in [3.63, 3.8) is 0 Å². The van der Waals surface area contributed by atoms with Crippen LogP contribution in [0.3, 0.4) is 0 Å². The van der Waals surface area contributed by atoms with Crippen molar-refractivity contribution in [1.29, 1.82) is 5.26 Å². The normalized spacial score (nSPS) is 10.0. The zero-order valence-electron chi connectivity index (χ0n) is 24.4. The number of nitriles is 1. The lowest BCUT2D eigenvalue weighted by atomic mass is 9.91. The van der Waals surface area contributed by atoms with Crippen molar-refractivity contribution >= 4 is 24.0 Å². The fourth-order valence-electron chi connectivity index (χ4n) is 2.08. The number of nitrogens with one attached hydrogen (secondary N) is 1. The molecule has 236 valence electrons. The maximum absolute atomic E-state index is 11.4. The molecule has 0 aromatic carbocycles. The Morgan fingerprint density at radius 2 is 1.23 bits per heavy atom. The van der Waals surface area contributed by atoms with Crippen molar-refractivity contribution in [1.82, 2.24) is 5.32 Å². The summed E-state index contributed by atoms with van der Waals surface area (Å²) in [5.74, 6) is -2.55. The van der Waals surface area contributed by atoms with Gasteiger partial charge in [-0.05, 0) is 47.0 Å². The highest BCUT2D eigenvalue weighted by Gasteiger charge is 2.27. The number of hydrogen-bond acceptors (Lipinski definition) is 14. The second kappa shape index (κ2) is 40.1. The summed E-state index contributed by atoms with van der Waals surface area (Å²) in [6, 6.07) is 0. The number of alkyl carbamates (subject to hydrolysis) is 1. The molecule has 0 aliphatic heterocycles. The summed E-state index contributed by atoms with van der Waals surface area (Å²) in [7, 11) is 0. The monoisotopic (exact) mass is 584 g/mol. The van der Waals surface area contributed by atoms with Gasteiger partial charge in [0.15, 0.2) is 20.4 Å². The molecule has 0 radical (unpaired) electrons. The first-order valence-electron chi connectivity index (χ1n) is 12.5. The summed E-state index contributed by atoms with van der Waals surface area (Å²) in [6.45, 7) is 13.7. The third-order valence-corrected chi connectivity index (χ3v) is 3.81. The molecular formula is C25H48N2O13. The molecular weight excluding hydrogens is 536 g/mol. The zero-order valence-corrected chi connectivity index (χ0v) is 24.4. The van der Waals surface area contributed by atoms with Crippen LogP contribution < -0.4 is 5.32 Å². The number of ether oxygens (including phenoxy) is 5. The standard InChI is InChI=1S/C11H20O6.C5H11NO2.C4H6O3.C3H5NO.C2H6O/c1-3-8(10(14)16-6-12)5-9(4-2)11(15)17-7-13;1-3-6-5(7)8-4-2;1-2-4(6)7-3-5;1-2-5-3-4;1-2-3/h8-9,12-13H,3-7H2,1-2H3;3-4H2,1-2H3,(H,6,7);2,5H,1,3H2;2H2,1H3;3H,2H2,1H3. The molecule has 0 rings (SSSR count). The summed E-state index contributed by atoms with van der Waals surface area (Å²) < 4.78 is 21.7. The maximum atomic E-state index is 11.4.